The first-order valence-electron chi connectivity index (χ1n) is 11.9. The number of aromatic nitrogens is 1. The van der Waals surface area contributed by atoms with Crippen molar-refractivity contribution in [2.24, 2.45) is 5.41 Å². The predicted octanol–water partition coefficient (Wildman–Crippen LogP) is 5.70. The van der Waals surface area contributed by atoms with Crippen molar-refractivity contribution >= 4 is 29.0 Å². The van der Waals surface area contributed by atoms with Crippen molar-refractivity contribution in [1.29, 1.82) is 0 Å². The number of hydrogen-bond donors (Lipinski definition) is 0. The van der Waals surface area contributed by atoms with Gasteiger partial charge >= 0.3 is 5.97 Å². The van der Waals surface area contributed by atoms with Crippen molar-refractivity contribution in [2.75, 3.05) is 44.2 Å². The lowest BCUT2D eigenvalue weighted by Crippen LogP contribution is -2.47. The number of pyridine rings is 1. The number of rotatable bonds is 6. The average molecular weight is 468 g/mol. The summed E-state index contributed by atoms with van der Waals surface area (Å²) in [4.78, 5) is 21.2. The summed E-state index contributed by atoms with van der Waals surface area (Å²) in [6, 6.07) is 12.1. The fraction of sp³-hybridized carbons (Fsp3) is 0.481. The molecule has 0 amide bonds. The van der Waals surface area contributed by atoms with Gasteiger partial charge in [0.1, 0.15) is 5.82 Å². The first kappa shape index (κ1) is 23.8. The maximum Gasteiger partial charge on any atom is 0.339 e. The molecule has 0 saturated carbocycles. The topological polar surface area (TPSA) is 45.7 Å². The van der Waals surface area contributed by atoms with Crippen LogP contribution in [0.2, 0.25) is 5.02 Å². The third kappa shape index (κ3) is 5.96. The van der Waals surface area contributed by atoms with E-state index in [2.05, 4.69) is 40.8 Å². The molecule has 2 heterocycles. The smallest absolute Gasteiger partial charge is 0.339 e. The summed E-state index contributed by atoms with van der Waals surface area (Å²) in [5.74, 6) is 0.601. The number of carbonyl (C=O) groups excluding carboxylic acids is 1. The Labute approximate surface area is 202 Å². The molecule has 0 unspecified atom stereocenters. The monoisotopic (exact) mass is 467 g/mol. The molecule has 2 aromatic rings. The van der Waals surface area contributed by atoms with Crippen LogP contribution in [-0.2, 0) is 4.74 Å². The Morgan fingerprint density at radius 3 is 2.45 bits per heavy atom. The largest absolute Gasteiger partial charge is 0.462 e. The molecule has 0 bridgehead atoms. The lowest BCUT2D eigenvalue weighted by atomic mass is 9.73. The fourth-order valence-electron chi connectivity index (χ4n) is 4.88. The molecule has 5 nitrogen and oxygen atoms in total. The van der Waals surface area contributed by atoms with Crippen molar-refractivity contribution < 1.29 is 9.53 Å². The van der Waals surface area contributed by atoms with Gasteiger partial charge in [-0.2, -0.15) is 0 Å². The van der Waals surface area contributed by atoms with Crippen LogP contribution in [0.15, 0.2) is 48.2 Å². The van der Waals surface area contributed by atoms with Gasteiger partial charge in [0.15, 0.2) is 0 Å². The Bertz CT molecular complexity index is 991. The minimum absolute atomic E-state index is 0.318. The summed E-state index contributed by atoms with van der Waals surface area (Å²) in [6.07, 6.45) is 5.10. The van der Waals surface area contributed by atoms with Crippen LogP contribution in [-0.4, -0.2) is 55.2 Å². The number of allylic oxidation sites excluding steroid dienone is 1. The number of halogens is 1. The van der Waals surface area contributed by atoms with Crippen LogP contribution in [0.4, 0.5) is 5.82 Å². The van der Waals surface area contributed by atoms with E-state index in [1.165, 1.54) is 17.6 Å². The van der Waals surface area contributed by atoms with Gasteiger partial charge in [-0.1, -0.05) is 43.2 Å². The lowest BCUT2D eigenvalue weighted by Gasteiger charge is -2.39. The van der Waals surface area contributed by atoms with Gasteiger partial charge < -0.3 is 9.64 Å². The molecule has 0 N–H and O–H groups in total. The highest BCUT2D eigenvalue weighted by molar-refractivity contribution is 6.30. The van der Waals surface area contributed by atoms with E-state index in [9.17, 15) is 4.79 Å². The Morgan fingerprint density at radius 2 is 1.82 bits per heavy atom. The predicted molar refractivity (Wildman–Crippen MR) is 135 cm³/mol. The number of nitrogens with zero attached hydrogens (tertiary/aromatic N) is 3. The quantitative estimate of drug-likeness (QED) is 0.510. The van der Waals surface area contributed by atoms with Crippen LogP contribution in [0.1, 0.15) is 56.0 Å². The number of benzene rings is 1. The summed E-state index contributed by atoms with van der Waals surface area (Å²) >= 11 is 6.13. The Balaban J connectivity index is 1.41. The zero-order valence-electron chi connectivity index (χ0n) is 19.9. The normalized spacial score (nSPS) is 19.0. The van der Waals surface area contributed by atoms with E-state index in [-0.39, 0.29) is 5.97 Å². The first-order valence-corrected chi connectivity index (χ1v) is 12.3. The van der Waals surface area contributed by atoms with E-state index >= 15 is 0 Å². The van der Waals surface area contributed by atoms with Crippen LogP contribution < -0.4 is 4.90 Å². The molecule has 0 radical (unpaired) electrons. The van der Waals surface area contributed by atoms with E-state index in [4.69, 9.17) is 16.3 Å². The summed E-state index contributed by atoms with van der Waals surface area (Å²) in [5, 5.41) is 0.789. The summed E-state index contributed by atoms with van der Waals surface area (Å²) in [5.41, 5.74) is 5.23. The highest BCUT2D eigenvalue weighted by Crippen LogP contribution is 2.42. The van der Waals surface area contributed by atoms with Gasteiger partial charge in [0.25, 0.3) is 0 Å². The zero-order chi connectivity index (χ0) is 23.4. The Morgan fingerprint density at radius 1 is 1.09 bits per heavy atom. The van der Waals surface area contributed by atoms with Gasteiger partial charge in [0, 0.05) is 43.9 Å². The average Bonchev–Trinajstić information content (AvgIpc) is 2.80. The zero-order valence-corrected chi connectivity index (χ0v) is 20.7. The fourth-order valence-corrected chi connectivity index (χ4v) is 5.00. The number of esters is 1. The molecule has 2 aliphatic rings. The first-order chi connectivity index (χ1) is 15.8. The Hall–Kier alpha value is -2.37. The SMILES string of the molecule is CCOC(=O)c1ccc(N2CCN(CC3=C(c4ccc(Cl)cc4)CCC(C)(C)C3)CC2)nc1. The molecule has 1 aliphatic carbocycles. The van der Waals surface area contributed by atoms with Crippen molar-refractivity contribution in [1.82, 2.24) is 9.88 Å². The van der Waals surface area contributed by atoms with Gasteiger partial charge in [-0.05, 0) is 67.0 Å². The van der Waals surface area contributed by atoms with Crippen molar-refractivity contribution in [2.45, 2.75) is 40.0 Å². The summed E-state index contributed by atoms with van der Waals surface area (Å²) < 4.78 is 5.05. The van der Waals surface area contributed by atoms with Gasteiger partial charge in [-0.25, -0.2) is 9.78 Å². The van der Waals surface area contributed by atoms with E-state index in [1.54, 1.807) is 17.8 Å². The summed E-state index contributed by atoms with van der Waals surface area (Å²) in [7, 11) is 0. The molecule has 4 rings (SSSR count). The van der Waals surface area contributed by atoms with E-state index in [1.807, 2.05) is 25.1 Å². The molecule has 0 atom stereocenters. The molecular weight excluding hydrogens is 434 g/mol. The third-order valence-corrected chi connectivity index (χ3v) is 6.98. The van der Waals surface area contributed by atoms with Gasteiger partial charge in [0.05, 0.1) is 12.2 Å². The van der Waals surface area contributed by atoms with Gasteiger partial charge in [-0.15, -0.1) is 0 Å². The number of piperazine rings is 1. The van der Waals surface area contributed by atoms with Crippen molar-refractivity contribution in [3.63, 3.8) is 0 Å². The standard InChI is InChI=1S/C27H34ClN3O2/c1-4-33-26(32)21-7-10-25(29-18-21)31-15-13-30(14-16-31)19-22-17-27(2,3)12-11-24(22)20-5-8-23(28)9-6-20/h5-10,18H,4,11-17,19H2,1-3H3. The third-order valence-electron chi connectivity index (χ3n) is 6.73. The summed E-state index contributed by atoms with van der Waals surface area (Å²) in [6.45, 7) is 11.8. The van der Waals surface area contributed by atoms with Gasteiger partial charge in [-0.3, -0.25) is 4.90 Å². The molecule has 1 aromatic heterocycles. The molecule has 0 spiro atoms. The minimum Gasteiger partial charge on any atom is -0.462 e. The van der Waals surface area contributed by atoms with E-state index in [0.717, 1.165) is 56.4 Å². The van der Waals surface area contributed by atoms with Crippen LogP contribution >= 0.6 is 11.6 Å². The second-order valence-electron chi connectivity index (χ2n) is 9.82. The second kappa shape index (κ2) is 10.3. The molecule has 1 aromatic carbocycles. The van der Waals surface area contributed by atoms with Crippen LogP contribution in [0.25, 0.3) is 5.57 Å². The molecule has 1 fully saturated rings. The highest BCUT2D eigenvalue weighted by atomic mass is 35.5. The van der Waals surface area contributed by atoms with E-state index in [0.29, 0.717) is 17.6 Å². The van der Waals surface area contributed by atoms with Crippen molar-refractivity contribution in [3.8, 4) is 0 Å². The van der Waals surface area contributed by atoms with Crippen LogP contribution in [0, 0.1) is 5.41 Å². The molecule has 33 heavy (non-hydrogen) atoms. The number of hydrogen-bond acceptors (Lipinski definition) is 5. The second-order valence-corrected chi connectivity index (χ2v) is 10.3. The van der Waals surface area contributed by atoms with Crippen LogP contribution in [0.5, 0.6) is 0 Å². The highest BCUT2D eigenvalue weighted by Gasteiger charge is 2.29. The number of ether oxygens (including phenoxy) is 1. The molecule has 1 aliphatic heterocycles. The van der Waals surface area contributed by atoms with Crippen molar-refractivity contribution in [3.05, 3.63) is 64.3 Å². The lowest BCUT2D eigenvalue weighted by molar-refractivity contribution is 0.0526. The van der Waals surface area contributed by atoms with Crippen LogP contribution in [0.3, 0.4) is 0 Å². The van der Waals surface area contributed by atoms with Gasteiger partial charge in [0.2, 0.25) is 0 Å². The number of anilines is 1. The maximum atomic E-state index is 11.9. The Kier molecular flexibility index (Phi) is 7.40. The number of carbonyl (C=O) groups is 1. The molecular formula is C27H34ClN3O2. The molecule has 176 valence electrons. The van der Waals surface area contributed by atoms with E-state index < -0.39 is 0 Å². The molecule has 6 heteroatoms. The molecule has 1 saturated heterocycles. The maximum absolute atomic E-state index is 11.9. The minimum atomic E-state index is -0.318.